The molecule has 0 N–H and O–H groups in total. The van der Waals surface area contributed by atoms with E-state index in [1.54, 1.807) is 25.7 Å². The summed E-state index contributed by atoms with van der Waals surface area (Å²) in [6.45, 7) is 7.32. The van der Waals surface area contributed by atoms with Crippen molar-refractivity contribution in [3.8, 4) is 0 Å². The van der Waals surface area contributed by atoms with Crippen LogP contribution in [-0.4, -0.2) is 0 Å². The predicted octanol–water partition coefficient (Wildman–Crippen LogP) is 3.47. The first-order valence-electron chi connectivity index (χ1n) is 5.54. The van der Waals surface area contributed by atoms with E-state index >= 15 is 0 Å². The topological polar surface area (TPSA) is 0 Å². The van der Waals surface area contributed by atoms with Crippen LogP contribution >= 0.6 is 0 Å². The molecule has 0 bridgehead atoms. The molecule has 3 saturated carbocycles. The molecule has 0 aromatic heterocycles. The molecule has 0 nitrogen and oxygen atoms in total. The molecular weight excluding hydrogens is 144 g/mol. The summed E-state index contributed by atoms with van der Waals surface area (Å²) >= 11 is 0. The average Bonchev–Trinajstić information content (AvgIpc) is 2.55. The van der Waals surface area contributed by atoms with E-state index in [0.29, 0.717) is 5.41 Å². The zero-order valence-corrected chi connectivity index (χ0v) is 8.56. The monoisotopic (exact) mass is 164 g/mol. The van der Waals surface area contributed by atoms with Crippen molar-refractivity contribution in [3.05, 3.63) is 0 Å². The van der Waals surface area contributed by atoms with E-state index in [2.05, 4.69) is 20.8 Å². The van der Waals surface area contributed by atoms with Crippen LogP contribution in [-0.2, 0) is 0 Å². The normalized spacial score (nSPS) is 55.8. The van der Waals surface area contributed by atoms with Gasteiger partial charge in [0.1, 0.15) is 0 Å². The molecule has 3 fully saturated rings. The average molecular weight is 164 g/mol. The Labute approximate surface area is 75.7 Å². The lowest BCUT2D eigenvalue weighted by Gasteiger charge is -2.35. The van der Waals surface area contributed by atoms with Crippen LogP contribution in [0, 0.1) is 28.6 Å². The van der Waals surface area contributed by atoms with E-state index in [0.717, 1.165) is 23.2 Å². The summed E-state index contributed by atoms with van der Waals surface area (Å²) in [5, 5.41) is 0. The van der Waals surface area contributed by atoms with Crippen molar-refractivity contribution in [1.82, 2.24) is 0 Å². The fourth-order valence-electron chi connectivity index (χ4n) is 4.15. The van der Waals surface area contributed by atoms with Gasteiger partial charge in [-0.3, -0.25) is 0 Å². The van der Waals surface area contributed by atoms with Gasteiger partial charge in [-0.05, 0) is 54.3 Å². The summed E-state index contributed by atoms with van der Waals surface area (Å²) < 4.78 is 0. The molecule has 0 radical (unpaired) electrons. The van der Waals surface area contributed by atoms with Crippen LogP contribution in [0.1, 0.15) is 46.5 Å². The Morgan fingerprint density at radius 1 is 1.25 bits per heavy atom. The lowest BCUT2D eigenvalue weighted by molar-refractivity contribution is 0.156. The van der Waals surface area contributed by atoms with E-state index in [1.807, 2.05) is 0 Å². The molecule has 3 aliphatic carbocycles. The van der Waals surface area contributed by atoms with Crippen LogP contribution in [0.25, 0.3) is 0 Å². The number of rotatable bonds is 0. The van der Waals surface area contributed by atoms with Gasteiger partial charge in [0.05, 0.1) is 0 Å². The summed E-state index contributed by atoms with van der Waals surface area (Å²) in [5.74, 6) is 3.37. The van der Waals surface area contributed by atoms with Gasteiger partial charge in [0.25, 0.3) is 0 Å². The first-order valence-corrected chi connectivity index (χ1v) is 5.54. The van der Waals surface area contributed by atoms with Gasteiger partial charge in [-0.2, -0.15) is 0 Å². The van der Waals surface area contributed by atoms with Gasteiger partial charge in [0.2, 0.25) is 0 Å². The highest BCUT2D eigenvalue weighted by molar-refractivity contribution is 5.20. The third kappa shape index (κ3) is 0.661. The Bertz CT molecular complexity index is 223. The van der Waals surface area contributed by atoms with Crippen LogP contribution in [0.15, 0.2) is 0 Å². The van der Waals surface area contributed by atoms with Gasteiger partial charge < -0.3 is 0 Å². The first kappa shape index (κ1) is 7.41. The minimum Gasteiger partial charge on any atom is -0.0599 e. The van der Waals surface area contributed by atoms with Crippen molar-refractivity contribution in [2.45, 2.75) is 46.5 Å². The highest BCUT2D eigenvalue weighted by atomic mass is 14.8. The predicted molar refractivity (Wildman–Crippen MR) is 50.8 cm³/mol. The smallest absolute Gasteiger partial charge is 0.0235 e. The molecule has 0 amide bonds. The first-order chi connectivity index (χ1) is 5.54. The van der Waals surface area contributed by atoms with E-state index < -0.39 is 0 Å². The number of hydrogen-bond donors (Lipinski definition) is 0. The maximum atomic E-state index is 2.44. The Hall–Kier alpha value is 0. The zero-order chi connectivity index (χ0) is 8.56. The SMILES string of the molecule is CC(C)(C)C1CC2CCC23CC13. The zero-order valence-electron chi connectivity index (χ0n) is 8.56. The van der Waals surface area contributed by atoms with Crippen molar-refractivity contribution in [3.63, 3.8) is 0 Å². The fraction of sp³-hybridized carbons (Fsp3) is 1.00. The lowest BCUT2D eigenvalue weighted by atomic mass is 9.70. The molecule has 0 aromatic rings. The second-order valence-corrected chi connectivity index (χ2v) is 6.49. The van der Waals surface area contributed by atoms with Gasteiger partial charge >= 0.3 is 0 Å². The largest absolute Gasteiger partial charge is 0.0599 e. The fourth-order valence-corrected chi connectivity index (χ4v) is 4.15. The summed E-state index contributed by atoms with van der Waals surface area (Å²) in [5.41, 5.74) is 1.52. The Morgan fingerprint density at radius 3 is 2.25 bits per heavy atom. The maximum Gasteiger partial charge on any atom is -0.0235 e. The lowest BCUT2D eigenvalue weighted by Crippen LogP contribution is -2.25. The van der Waals surface area contributed by atoms with Gasteiger partial charge in [-0.25, -0.2) is 0 Å². The quantitative estimate of drug-likeness (QED) is 0.514. The maximum absolute atomic E-state index is 2.44. The van der Waals surface area contributed by atoms with Crippen molar-refractivity contribution in [2.75, 3.05) is 0 Å². The second-order valence-electron chi connectivity index (χ2n) is 6.49. The van der Waals surface area contributed by atoms with E-state index in [-0.39, 0.29) is 0 Å². The number of hydrogen-bond acceptors (Lipinski definition) is 0. The third-order valence-corrected chi connectivity index (χ3v) is 5.09. The van der Waals surface area contributed by atoms with Crippen molar-refractivity contribution in [2.24, 2.45) is 28.6 Å². The summed E-state index contributed by atoms with van der Waals surface area (Å²) in [4.78, 5) is 0. The Balaban J connectivity index is 1.85. The van der Waals surface area contributed by atoms with Crippen molar-refractivity contribution < 1.29 is 0 Å². The van der Waals surface area contributed by atoms with Gasteiger partial charge in [0, 0.05) is 0 Å². The second kappa shape index (κ2) is 1.76. The highest BCUT2D eigenvalue weighted by Gasteiger charge is 2.71. The molecule has 4 unspecified atom stereocenters. The molecule has 3 rings (SSSR count). The van der Waals surface area contributed by atoms with Gasteiger partial charge in [0.15, 0.2) is 0 Å². The molecular formula is C12H20. The van der Waals surface area contributed by atoms with Gasteiger partial charge in [-0.1, -0.05) is 20.8 Å². The minimum atomic E-state index is 0.589. The van der Waals surface area contributed by atoms with Crippen LogP contribution in [0.4, 0.5) is 0 Å². The molecule has 0 saturated heterocycles. The van der Waals surface area contributed by atoms with Crippen LogP contribution in [0.3, 0.4) is 0 Å². The standard InChI is InChI=1S/C12H20/c1-11(2,3)9-6-8-4-5-12(8)7-10(9)12/h8-10H,4-7H2,1-3H3. The van der Waals surface area contributed by atoms with Crippen LogP contribution in [0.5, 0.6) is 0 Å². The van der Waals surface area contributed by atoms with Crippen LogP contribution < -0.4 is 0 Å². The molecule has 68 valence electrons. The summed E-state index contributed by atoms with van der Waals surface area (Å²) in [6, 6.07) is 0. The van der Waals surface area contributed by atoms with E-state index in [4.69, 9.17) is 0 Å². The highest BCUT2D eigenvalue weighted by Crippen LogP contribution is 2.79. The molecule has 0 aliphatic heterocycles. The molecule has 0 heterocycles. The van der Waals surface area contributed by atoms with E-state index in [9.17, 15) is 0 Å². The van der Waals surface area contributed by atoms with Gasteiger partial charge in [-0.15, -0.1) is 0 Å². The molecule has 1 spiro atoms. The van der Waals surface area contributed by atoms with Crippen molar-refractivity contribution in [1.29, 1.82) is 0 Å². The third-order valence-electron chi connectivity index (χ3n) is 5.09. The molecule has 0 heteroatoms. The Morgan fingerprint density at radius 2 is 2.00 bits per heavy atom. The summed E-state index contributed by atoms with van der Waals surface area (Å²) in [6.07, 6.45) is 6.30. The van der Waals surface area contributed by atoms with Crippen LogP contribution in [0.2, 0.25) is 0 Å². The molecule has 4 atom stereocenters. The molecule has 3 aliphatic rings. The minimum absolute atomic E-state index is 0.589. The summed E-state index contributed by atoms with van der Waals surface area (Å²) in [7, 11) is 0. The molecule has 12 heavy (non-hydrogen) atoms. The molecule has 0 aromatic carbocycles. The van der Waals surface area contributed by atoms with E-state index in [1.165, 1.54) is 0 Å². The van der Waals surface area contributed by atoms with Crippen molar-refractivity contribution >= 4 is 0 Å². The Kier molecular flexibility index (Phi) is 1.09.